The van der Waals surface area contributed by atoms with Crippen molar-refractivity contribution in [1.29, 1.82) is 0 Å². The van der Waals surface area contributed by atoms with E-state index in [4.69, 9.17) is 19.9 Å². The van der Waals surface area contributed by atoms with E-state index in [2.05, 4.69) is 36.1 Å². The minimum absolute atomic E-state index is 0.161. The summed E-state index contributed by atoms with van der Waals surface area (Å²) >= 11 is 0. The average molecular weight is 356 g/mol. The molecule has 0 aliphatic carbocycles. The third-order valence-corrected chi connectivity index (χ3v) is 5.27. The summed E-state index contributed by atoms with van der Waals surface area (Å²) in [6, 6.07) is 12.7. The fourth-order valence-electron chi connectivity index (χ4n) is 3.79. The molecule has 2 unspecified atom stereocenters. The number of nitrogens with zero attached hydrogens (tertiary/aromatic N) is 1. The summed E-state index contributed by atoms with van der Waals surface area (Å²) in [6.45, 7) is 3.92. The van der Waals surface area contributed by atoms with E-state index >= 15 is 0 Å². The Bertz CT molecular complexity index is 738. The van der Waals surface area contributed by atoms with Gasteiger partial charge >= 0.3 is 0 Å². The predicted octanol–water partition coefficient (Wildman–Crippen LogP) is 3.34. The fraction of sp³-hybridized carbons (Fsp3) is 0.429. The van der Waals surface area contributed by atoms with Crippen molar-refractivity contribution in [2.45, 2.75) is 25.3 Å². The lowest BCUT2D eigenvalue weighted by Gasteiger charge is -2.39. The van der Waals surface area contributed by atoms with Crippen LogP contribution in [0.2, 0.25) is 0 Å². The SMILES string of the molecule is COc1cc(N2CCC(N)C(c3ccccc3C)C2)cc(OC)c1OC. The van der Waals surface area contributed by atoms with Gasteiger partial charge in [-0.15, -0.1) is 0 Å². The summed E-state index contributed by atoms with van der Waals surface area (Å²) in [5.74, 6) is 2.25. The van der Waals surface area contributed by atoms with E-state index in [1.807, 2.05) is 12.1 Å². The summed E-state index contributed by atoms with van der Waals surface area (Å²) in [6.07, 6.45) is 0.940. The highest BCUT2D eigenvalue weighted by atomic mass is 16.5. The first-order valence-electron chi connectivity index (χ1n) is 8.95. The van der Waals surface area contributed by atoms with Crippen LogP contribution in [0.4, 0.5) is 5.69 Å². The molecule has 0 saturated carbocycles. The quantitative estimate of drug-likeness (QED) is 0.890. The first kappa shape index (κ1) is 18.4. The molecule has 2 atom stereocenters. The lowest BCUT2D eigenvalue weighted by molar-refractivity contribution is 0.324. The molecule has 1 fully saturated rings. The fourth-order valence-corrected chi connectivity index (χ4v) is 3.79. The third kappa shape index (κ3) is 3.44. The second-order valence-corrected chi connectivity index (χ2v) is 6.75. The molecule has 5 heteroatoms. The van der Waals surface area contributed by atoms with Crippen LogP contribution in [0.25, 0.3) is 0 Å². The minimum Gasteiger partial charge on any atom is -0.493 e. The van der Waals surface area contributed by atoms with E-state index in [-0.39, 0.29) is 6.04 Å². The van der Waals surface area contributed by atoms with Crippen LogP contribution in [0.3, 0.4) is 0 Å². The third-order valence-electron chi connectivity index (χ3n) is 5.27. The topological polar surface area (TPSA) is 57.0 Å². The Balaban J connectivity index is 1.94. The highest BCUT2D eigenvalue weighted by Crippen LogP contribution is 2.42. The molecule has 2 N–H and O–H groups in total. The summed E-state index contributed by atoms with van der Waals surface area (Å²) in [5.41, 5.74) is 10.2. The lowest BCUT2D eigenvalue weighted by atomic mass is 9.84. The van der Waals surface area contributed by atoms with Gasteiger partial charge < -0.3 is 24.8 Å². The largest absolute Gasteiger partial charge is 0.493 e. The van der Waals surface area contributed by atoms with Crippen LogP contribution in [0.15, 0.2) is 36.4 Å². The Morgan fingerprint density at radius 1 is 1.00 bits per heavy atom. The molecule has 1 heterocycles. The Kier molecular flexibility index (Phi) is 5.57. The van der Waals surface area contributed by atoms with Crippen molar-refractivity contribution in [2.75, 3.05) is 39.3 Å². The molecule has 2 aromatic rings. The second-order valence-electron chi connectivity index (χ2n) is 6.75. The summed E-state index contributed by atoms with van der Waals surface area (Å²) < 4.78 is 16.4. The molecular formula is C21H28N2O3. The van der Waals surface area contributed by atoms with Crippen LogP contribution in [0.1, 0.15) is 23.5 Å². The van der Waals surface area contributed by atoms with Crippen molar-refractivity contribution in [2.24, 2.45) is 5.73 Å². The van der Waals surface area contributed by atoms with Crippen molar-refractivity contribution in [3.8, 4) is 17.2 Å². The van der Waals surface area contributed by atoms with Crippen molar-refractivity contribution in [1.82, 2.24) is 0 Å². The molecular weight excluding hydrogens is 328 g/mol. The van der Waals surface area contributed by atoms with E-state index < -0.39 is 0 Å². The molecule has 1 aliphatic rings. The zero-order chi connectivity index (χ0) is 18.7. The highest BCUT2D eigenvalue weighted by molar-refractivity contribution is 5.64. The number of hydrogen-bond acceptors (Lipinski definition) is 5. The molecule has 3 rings (SSSR count). The lowest BCUT2D eigenvalue weighted by Crippen LogP contribution is -2.46. The van der Waals surface area contributed by atoms with Crippen LogP contribution in [-0.2, 0) is 0 Å². The van der Waals surface area contributed by atoms with Crippen LogP contribution in [0.5, 0.6) is 17.2 Å². The van der Waals surface area contributed by atoms with Gasteiger partial charge in [0.25, 0.3) is 0 Å². The van der Waals surface area contributed by atoms with Gasteiger partial charge in [0.15, 0.2) is 11.5 Å². The maximum atomic E-state index is 6.48. The summed E-state index contributed by atoms with van der Waals surface area (Å²) in [7, 11) is 4.90. The van der Waals surface area contributed by atoms with Gasteiger partial charge in [0, 0.05) is 42.9 Å². The van der Waals surface area contributed by atoms with Crippen molar-refractivity contribution >= 4 is 5.69 Å². The molecule has 2 aromatic carbocycles. The van der Waals surface area contributed by atoms with Crippen LogP contribution >= 0.6 is 0 Å². The van der Waals surface area contributed by atoms with Gasteiger partial charge in [0.1, 0.15) is 0 Å². The van der Waals surface area contributed by atoms with Gasteiger partial charge in [-0.1, -0.05) is 24.3 Å². The number of aryl methyl sites for hydroxylation is 1. The van der Waals surface area contributed by atoms with Crippen molar-refractivity contribution < 1.29 is 14.2 Å². The smallest absolute Gasteiger partial charge is 0.203 e. The Labute approximate surface area is 155 Å². The number of rotatable bonds is 5. The molecule has 5 nitrogen and oxygen atoms in total. The Morgan fingerprint density at radius 2 is 1.65 bits per heavy atom. The molecule has 1 aliphatic heterocycles. The molecule has 1 saturated heterocycles. The standard InChI is InChI=1S/C21H28N2O3/c1-14-7-5-6-8-16(14)17-13-23(10-9-18(17)22)15-11-19(24-2)21(26-4)20(12-15)25-3/h5-8,11-12,17-18H,9-10,13,22H2,1-4H3. The van der Waals surface area contributed by atoms with Gasteiger partial charge in [0.05, 0.1) is 21.3 Å². The average Bonchev–Trinajstić information content (AvgIpc) is 2.67. The number of nitrogens with two attached hydrogens (primary N) is 1. The van der Waals surface area contributed by atoms with Gasteiger partial charge in [-0.05, 0) is 24.5 Å². The van der Waals surface area contributed by atoms with Gasteiger partial charge in [0.2, 0.25) is 5.75 Å². The number of hydrogen-bond donors (Lipinski definition) is 1. The van der Waals surface area contributed by atoms with Gasteiger partial charge in [-0.3, -0.25) is 0 Å². The maximum Gasteiger partial charge on any atom is 0.203 e. The van der Waals surface area contributed by atoms with Gasteiger partial charge in [-0.25, -0.2) is 0 Å². The number of benzene rings is 2. The summed E-state index contributed by atoms with van der Waals surface area (Å²) in [5, 5.41) is 0. The number of piperidine rings is 1. The van der Waals surface area contributed by atoms with E-state index in [0.29, 0.717) is 23.2 Å². The Hall–Kier alpha value is -2.40. The van der Waals surface area contributed by atoms with E-state index in [9.17, 15) is 0 Å². The van der Waals surface area contributed by atoms with Gasteiger partial charge in [-0.2, -0.15) is 0 Å². The second kappa shape index (κ2) is 7.87. The normalized spacial score (nSPS) is 20.0. The minimum atomic E-state index is 0.161. The number of methoxy groups -OCH3 is 3. The molecule has 0 radical (unpaired) electrons. The number of ether oxygens (including phenoxy) is 3. The van der Waals surface area contributed by atoms with Crippen molar-refractivity contribution in [3.05, 3.63) is 47.5 Å². The molecule has 0 amide bonds. The zero-order valence-corrected chi connectivity index (χ0v) is 16.0. The maximum absolute atomic E-state index is 6.48. The van der Waals surface area contributed by atoms with Crippen molar-refractivity contribution in [3.63, 3.8) is 0 Å². The molecule has 0 spiro atoms. The molecule has 140 valence electrons. The van der Waals surface area contributed by atoms with E-state index in [1.54, 1.807) is 21.3 Å². The molecule has 0 aromatic heterocycles. The van der Waals surface area contributed by atoms with Crippen LogP contribution < -0.4 is 24.8 Å². The zero-order valence-electron chi connectivity index (χ0n) is 16.0. The number of anilines is 1. The van der Waals surface area contributed by atoms with E-state index in [1.165, 1.54) is 11.1 Å². The first-order valence-corrected chi connectivity index (χ1v) is 8.95. The highest BCUT2D eigenvalue weighted by Gasteiger charge is 2.30. The van der Waals surface area contributed by atoms with Crippen LogP contribution in [-0.4, -0.2) is 40.5 Å². The summed E-state index contributed by atoms with van der Waals surface area (Å²) in [4.78, 5) is 2.35. The monoisotopic (exact) mass is 356 g/mol. The molecule has 0 bridgehead atoms. The van der Waals surface area contributed by atoms with Crippen LogP contribution in [0, 0.1) is 6.92 Å². The predicted molar refractivity (Wildman–Crippen MR) is 105 cm³/mol. The van der Waals surface area contributed by atoms with E-state index in [0.717, 1.165) is 25.2 Å². The Morgan fingerprint density at radius 3 is 2.23 bits per heavy atom. The first-order chi connectivity index (χ1) is 12.6. The molecule has 26 heavy (non-hydrogen) atoms.